The number of hydrogen-bond acceptors (Lipinski definition) is 2. The number of aliphatic hydroxyl groups is 1. The fourth-order valence-corrected chi connectivity index (χ4v) is 1.72. The molecule has 2 nitrogen and oxygen atoms in total. The molecule has 0 aromatic carbocycles. The van der Waals surface area contributed by atoms with Crippen LogP contribution in [0.3, 0.4) is 0 Å². The number of aliphatic hydroxyl groups excluding tert-OH is 1. The average molecular weight is 185 g/mol. The van der Waals surface area contributed by atoms with Crippen molar-refractivity contribution in [1.29, 1.82) is 0 Å². The predicted molar refractivity (Wildman–Crippen MR) is 55.7 cm³/mol. The molecular weight excluding hydrogens is 162 g/mol. The smallest absolute Gasteiger partial charge is 0.0692 e. The third-order valence-corrected chi connectivity index (χ3v) is 3.47. The molecule has 1 N–H and O–H groups in total. The van der Waals surface area contributed by atoms with Crippen LogP contribution in [0.5, 0.6) is 0 Å². The van der Waals surface area contributed by atoms with Crippen molar-refractivity contribution < 1.29 is 5.11 Å². The van der Waals surface area contributed by atoms with Crippen molar-refractivity contribution >= 4 is 0 Å². The van der Waals surface area contributed by atoms with Crippen LogP contribution in [-0.2, 0) is 0 Å². The first-order valence-electron chi connectivity index (χ1n) is 5.53. The second kappa shape index (κ2) is 4.97. The molecule has 0 aromatic rings. The molecule has 1 saturated carbocycles. The number of hydrogen-bond donors (Lipinski definition) is 1. The first-order valence-corrected chi connectivity index (χ1v) is 5.53. The van der Waals surface area contributed by atoms with Gasteiger partial charge in [-0.25, -0.2) is 0 Å². The van der Waals surface area contributed by atoms with Gasteiger partial charge < -0.3 is 10.0 Å². The lowest BCUT2D eigenvalue weighted by Crippen LogP contribution is -2.42. The molecule has 2 heteroatoms. The minimum atomic E-state index is -0.143. The van der Waals surface area contributed by atoms with E-state index >= 15 is 0 Å². The van der Waals surface area contributed by atoms with Gasteiger partial charge in [0.2, 0.25) is 0 Å². The van der Waals surface area contributed by atoms with Crippen molar-refractivity contribution in [1.82, 2.24) is 4.90 Å². The molecule has 0 heterocycles. The molecule has 78 valence electrons. The summed E-state index contributed by atoms with van der Waals surface area (Å²) in [7, 11) is 2.13. The van der Waals surface area contributed by atoms with Gasteiger partial charge in [-0.1, -0.05) is 26.7 Å². The first kappa shape index (κ1) is 11.0. The van der Waals surface area contributed by atoms with E-state index in [1.807, 2.05) is 0 Å². The zero-order valence-electron chi connectivity index (χ0n) is 9.16. The maximum Gasteiger partial charge on any atom is 0.0692 e. The molecular formula is C11H23NO. The van der Waals surface area contributed by atoms with Crippen LogP contribution in [0.1, 0.15) is 39.5 Å². The molecule has 2 unspecified atom stereocenters. The van der Waals surface area contributed by atoms with E-state index < -0.39 is 0 Å². The highest BCUT2D eigenvalue weighted by Gasteiger charge is 2.24. The third kappa shape index (κ3) is 2.96. The monoisotopic (exact) mass is 185 g/mol. The fourth-order valence-electron chi connectivity index (χ4n) is 1.72. The summed E-state index contributed by atoms with van der Waals surface area (Å²) in [5, 5.41) is 9.81. The van der Waals surface area contributed by atoms with Gasteiger partial charge in [0, 0.05) is 12.6 Å². The summed E-state index contributed by atoms with van der Waals surface area (Å²) in [5.74, 6) is 0.433. The Morgan fingerprint density at radius 1 is 1.46 bits per heavy atom. The molecule has 0 aliphatic heterocycles. The summed E-state index contributed by atoms with van der Waals surface area (Å²) in [6.07, 6.45) is 4.94. The van der Waals surface area contributed by atoms with Crippen molar-refractivity contribution in [3.63, 3.8) is 0 Å². The van der Waals surface area contributed by atoms with Crippen molar-refractivity contribution in [2.45, 2.75) is 51.7 Å². The standard InChI is InChI=1S/C11H23NO/c1-4-9(2)11(13)8-12(3)10-6-5-7-10/h9-11,13H,4-8H2,1-3H3. The summed E-state index contributed by atoms with van der Waals surface area (Å²) in [4.78, 5) is 2.32. The largest absolute Gasteiger partial charge is 0.392 e. The van der Waals surface area contributed by atoms with E-state index in [0.29, 0.717) is 5.92 Å². The normalized spacial score (nSPS) is 22.8. The van der Waals surface area contributed by atoms with Crippen LogP contribution in [0.15, 0.2) is 0 Å². The Labute approximate surface area is 81.9 Å². The van der Waals surface area contributed by atoms with E-state index in [1.165, 1.54) is 19.3 Å². The molecule has 0 amide bonds. The topological polar surface area (TPSA) is 23.5 Å². The molecule has 1 rings (SSSR count). The molecule has 0 saturated heterocycles. The Morgan fingerprint density at radius 3 is 2.46 bits per heavy atom. The summed E-state index contributed by atoms with van der Waals surface area (Å²) in [5.41, 5.74) is 0. The van der Waals surface area contributed by atoms with Crippen molar-refractivity contribution in [3.8, 4) is 0 Å². The van der Waals surface area contributed by atoms with E-state index in [0.717, 1.165) is 19.0 Å². The summed E-state index contributed by atoms with van der Waals surface area (Å²) < 4.78 is 0. The number of nitrogens with zero attached hydrogens (tertiary/aromatic N) is 1. The maximum atomic E-state index is 9.81. The second-order valence-electron chi connectivity index (χ2n) is 4.48. The third-order valence-electron chi connectivity index (χ3n) is 3.47. The maximum absolute atomic E-state index is 9.81. The first-order chi connectivity index (χ1) is 6.15. The molecule has 0 aromatic heterocycles. The zero-order chi connectivity index (χ0) is 9.84. The van der Waals surface area contributed by atoms with Crippen LogP contribution in [0.25, 0.3) is 0 Å². The Bertz CT molecular complexity index is 136. The molecule has 0 bridgehead atoms. The quantitative estimate of drug-likeness (QED) is 0.707. The Balaban J connectivity index is 2.21. The molecule has 1 aliphatic carbocycles. The van der Waals surface area contributed by atoms with Gasteiger partial charge in [-0.15, -0.1) is 0 Å². The van der Waals surface area contributed by atoms with Crippen LogP contribution in [0, 0.1) is 5.92 Å². The van der Waals surface area contributed by atoms with E-state index in [4.69, 9.17) is 0 Å². The van der Waals surface area contributed by atoms with Gasteiger partial charge >= 0.3 is 0 Å². The average Bonchev–Trinajstić information content (AvgIpc) is 1.99. The molecule has 0 radical (unpaired) electrons. The lowest BCUT2D eigenvalue weighted by Gasteiger charge is -2.36. The van der Waals surface area contributed by atoms with E-state index in [2.05, 4.69) is 25.8 Å². The molecule has 1 fully saturated rings. The zero-order valence-corrected chi connectivity index (χ0v) is 9.16. The van der Waals surface area contributed by atoms with Crippen LogP contribution in [0.4, 0.5) is 0 Å². The van der Waals surface area contributed by atoms with Crippen LogP contribution >= 0.6 is 0 Å². The highest BCUT2D eigenvalue weighted by Crippen LogP contribution is 2.24. The second-order valence-corrected chi connectivity index (χ2v) is 4.48. The SMILES string of the molecule is CCC(C)C(O)CN(C)C1CCC1. The summed E-state index contributed by atoms with van der Waals surface area (Å²) in [6.45, 7) is 5.11. The van der Waals surface area contributed by atoms with Gasteiger partial charge in [0.1, 0.15) is 0 Å². The Morgan fingerprint density at radius 2 is 2.08 bits per heavy atom. The minimum Gasteiger partial charge on any atom is -0.392 e. The van der Waals surface area contributed by atoms with E-state index in [-0.39, 0.29) is 6.10 Å². The van der Waals surface area contributed by atoms with Gasteiger partial charge in [-0.3, -0.25) is 0 Å². The summed E-state index contributed by atoms with van der Waals surface area (Å²) in [6, 6.07) is 0.749. The van der Waals surface area contributed by atoms with E-state index in [9.17, 15) is 5.11 Å². The fraction of sp³-hybridized carbons (Fsp3) is 1.00. The van der Waals surface area contributed by atoms with Gasteiger partial charge in [0.15, 0.2) is 0 Å². The van der Waals surface area contributed by atoms with Crippen molar-refractivity contribution in [2.24, 2.45) is 5.92 Å². The molecule has 0 spiro atoms. The molecule has 13 heavy (non-hydrogen) atoms. The van der Waals surface area contributed by atoms with Crippen LogP contribution in [0.2, 0.25) is 0 Å². The number of rotatable bonds is 5. The highest BCUT2D eigenvalue weighted by atomic mass is 16.3. The van der Waals surface area contributed by atoms with Crippen molar-refractivity contribution in [2.75, 3.05) is 13.6 Å². The van der Waals surface area contributed by atoms with Crippen molar-refractivity contribution in [3.05, 3.63) is 0 Å². The van der Waals surface area contributed by atoms with Gasteiger partial charge in [-0.05, 0) is 25.8 Å². The highest BCUT2D eigenvalue weighted by molar-refractivity contribution is 4.80. The Kier molecular flexibility index (Phi) is 4.20. The van der Waals surface area contributed by atoms with Gasteiger partial charge in [0.05, 0.1) is 6.10 Å². The van der Waals surface area contributed by atoms with Crippen LogP contribution in [-0.4, -0.2) is 35.7 Å². The predicted octanol–water partition coefficient (Wildman–Crippen LogP) is 1.88. The molecule has 1 aliphatic rings. The van der Waals surface area contributed by atoms with Gasteiger partial charge in [0.25, 0.3) is 0 Å². The number of likely N-dealkylation sites (N-methyl/N-ethyl adjacent to an activating group) is 1. The van der Waals surface area contributed by atoms with Crippen LogP contribution < -0.4 is 0 Å². The van der Waals surface area contributed by atoms with Gasteiger partial charge in [-0.2, -0.15) is 0 Å². The molecule has 2 atom stereocenters. The Hall–Kier alpha value is -0.0800. The lowest BCUT2D eigenvalue weighted by atomic mass is 9.91. The summed E-state index contributed by atoms with van der Waals surface area (Å²) >= 11 is 0. The lowest BCUT2D eigenvalue weighted by molar-refractivity contribution is 0.0460. The van der Waals surface area contributed by atoms with E-state index in [1.54, 1.807) is 0 Å². The minimum absolute atomic E-state index is 0.143.